The zero-order chi connectivity index (χ0) is 14.0. The van der Waals surface area contributed by atoms with Crippen LogP contribution in [0.1, 0.15) is 23.1 Å². The van der Waals surface area contributed by atoms with Gasteiger partial charge in [-0.2, -0.15) is 8.78 Å². The number of hydrogen-bond acceptors (Lipinski definition) is 3. The molecule has 0 amide bonds. The van der Waals surface area contributed by atoms with Gasteiger partial charge in [-0.1, -0.05) is 30.3 Å². The highest BCUT2D eigenvalue weighted by molar-refractivity contribution is 5.85. The van der Waals surface area contributed by atoms with Crippen LogP contribution >= 0.6 is 0 Å². The number of halogens is 2. The molecule has 2 aromatic rings. The molecule has 0 aliphatic rings. The van der Waals surface area contributed by atoms with Crippen molar-refractivity contribution in [1.82, 2.24) is 9.97 Å². The number of aromatic nitrogens is 2. The van der Waals surface area contributed by atoms with Crippen molar-refractivity contribution in [2.45, 2.75) is 12.8 Å². The summed E-state index contributed by atoms with van der Waals surface area (Å²) in [6, 6.07) is 8.18. The summed E-state index contributed by atoms with van der Waals surface area (Å²) in [7, 11) is 0. The second-order valence-electron chi connectivity index (χ2n) is 4.01. The predicted octanol–water partition coefficient (Wildman–Crippen LogP) is 2.95. The van der Waals surface area contributed by atoms with E-state index in [-0.39, 0.29) is 11.4 Å². The minimum atomic E-state index is -3.20. The minimum Gasteiger partial charge on any atom is -0.476 e. The molecular formula is C13H10F2N2O2. The van der Waals surface area contributed by atoms with Crippen molar-refractivity contribution in [2.24, 2.45) is 0 Å². The van der Waals surface area contributed by atoms with Gasteiger partial charge in [-0.15, -0.1) is 0 Å². The van der Waals surface area contributed by atoms with Crippen molar-refractivity contribution in [3.8, 4) is 11.3 Å². The van der Waals surface area contributed by atoms with Gasteiger partial charge in [-0.3, -0.25) is 4.98 Å². The number of carbonyl (C=O) groups is 1. The van der Waals surface area contributed by atoms with E-state index in [1.165, 1.54) is 0 Å². The molecule has 0 radical (unpaired) electrons. The Morgan fingerprint density at radius 2 is 1.89 bits per heavy atom. The van der Waals surface area contributed by atoms with E-state index < -0.39 is 17.6 Å². The summed E-state index contributed by atoms with van der Waals surface area (Å²) in [4.78, 5) is 18.2. The fraction of sp³-hybridized carbons (Fsp3) is 0.154. The second-order valence-corrected chi connectivity index (χ2v) is 4.01. The maximum atomic E-state index is 13.5. The van der Waals surface area contributed by atoms with E-state index in [0.717, 1.165) is 6.20 Å². The van der Waals surface area contributed by atoms with Crippen molar-refractivity contribution in [3.63, 3.8) is 0 Å². The first-order valence-electron chi connectivity index (χ1n) is 5.43. The predicted molar refractivity (Wildman–Crippen MR) is 64.0 cm³/mol. The van der Waals surface area contributed by atoms with E-state index in [0.29, 0.717) is 12.5 Å². The van der Waals surface area contributed by atoms with Crippen LogP contribution < -0.4 is 0 Å². The number of rotatable bonds is 3. The highest BCUT2D eigenvalue weighted by atomic mass is 19.3. The van der Waals surface area contributed by atoms with Gasteiger partial charge in [0, 0.05) is 12.5 Å². The van der Waals surface area contributed by atoms with Gasteiger partial charge in [0.25, 0.3) is 5.92 Å². The van der Waals surface area contributed by atoms with E-state index in [4.69, 9.17) is 5.11 Å². The van der Waals surface area contributed by atoms with Crippen LogP contribution in [0.5, 0.6) is 0 Å². The average Bonchev–Trinajstić information content (AvgIpc) is 2.38. The van der Waals surface area contributed by atoms with E-state index in [9.17, 15) is 13.6 Å². The van der Waals surface area contributed by atoms with Crippen LogP contribution in [-0.2, 0) is 5.92 Å². The standard InChI is InChI=1S/C13H10F2N2O2/c1-13(14,15)11-10(8-5-3-2-4-6-8)17-9(7-16-11)12(18)19/h2-7H,1H3,(H,18,19). The second kappa shape index (κ2) is 4.72. The molecule has 0 unspecified atom stereocenters. The number of hydrogen-bond donors (Lipinski definition) is 1. The quantitative estimate of drug-likeness (QED) is 0.925. The molecule has 0 atom stereocenters. The van der Waals surface area contributed by atoms with Gasteiger partial charge in [0.05, 0.1) is 11.9 Å². The van der Waals surface area contributed by atoms with Crippen molar-refractivity contribution in [1.29, 1.82) is 0 Å². The monoisotopic (exact) mass is 264 g/mol. The average molecular weight is 264 g/mol. The van der Waals surface area contributed by atoms with Crippen LogP contribution in [0.4, 0.5) is 8.78 Å². The molecule has 1 N–H and O–H groups in total. The molecular weight excluding hydrogens is 254 g/mol. The number of carboxylic acids is 1. The van der Waals surface area contributed by atoms with E-state index in [1.807, 2.05) is 0 Å². The highest BCUT2D eigenvalue weighted by Gasteiger charge is 2.31. The van der Waals surface area contributed by atoms with Gasteiger partial charge < -0.3 is 5.11 Å². The molecule has 19 heavy (non-hydrogen) atoms. The highest BCUT2D eigenvalue weighted by Crippen LogP contribution is 2.32. The smallest absolute Gasteiger partial charge is 0.356 e. The maximum absolute atomic E-state index is 13.5. The molecule has 98 valence electrons. The van der Waals surface area contributed by atoms with Crippen molar-refractivity contribution in [3.05, 3.63) is 47.9 Å². The fourth-order valence-corrected chi connectivity index (χ4v) is 1.61. The SMILES string of the molecule is CC(F)(F)c1ncc(C(=O)O)nc1-c1ccccc1. The summed E-state index contributed by atoms with van der Waals surface area (Å²) < 4.78 is 27.0. The zero-order valence-electron chi connectivity index (χ0n) is 9.97. The third kappa shape index (κ3) is 2.73. The summed E-state index contributed by atoms with van der Waals surface area (Å²) in [5.74, 6) is -4.51. The number of carboxylic acid groups (broad SMARTS) is 1. The lowest BCUT2D eigenvalue weighted by Crippen LogP contribution is -2.15. The first-order chi connectivity index (χ1) is 8.89. The van der Waals surface area contributed by atoms with Crippen LogP contribution in [0.25, 0.3) is 11.3 Å². The van der Waals surface area contributed by atoms with Gasteiger partial charge >= 0.3 is 5.97 Å². The molecule has 1 heterocycles. The van der Waals surface area contributed by atoms with Crippen LogP contribution in [0.15, 0.2) is 36.5 Å². The Morgan fingerprint density at radius 1 is 1.26 bits per heavy atom. The molecule has 0 saturated carbocycles. The molecule has 1 aromatic carbocycles. The molecule has 0 spiro atoms. The van der Waals surface area contributed by atoms with Crippen LogP contribution in [0.3, 0.4) is 0 Å². The number of aromatic carboxylic acids is 1. The molecule has 1 aromatic heterocycles. The summed E-state index contributed by atoms with van der Waals surface area (Å²) >= 11 is 0. The molecule has 0 saturated heterocycles. The molecule has 0 aliphatic heterocycles. The first kappa shape index (κ1) is 13.1. The van der Waals surface area contributed by atoms with Crippen molar-refractivity contribution < 1.29 is 18.7 Å². The zero-order valence-corrected chi connectivity index (χ0v) is 9.97. The van der Waals surface area contributed by atoms with Gasteiger partial charge in [0.2, 0.25) is 0 Å². The maximum Gasteiger partial charge on any atom is 0.356 e. The Balaban J connectivity index is 2.67. The first-order valence-corrected chi connectivity index (χ1v) is 5.43. The summed E-state index contributed by atoms with van der Waals surface area (Å²) in [6.45, 7) is 0.698. The molecule has 0 fully saturated rings. The third-order valence-corrected chi connectivity index (χ3v) is 2.45. The minimum absolute atomic E-state index is 0.118. The van der Waals surface area contributed by atoms with Crippen molar-refractivity contribution >= 4 is 5.97 Å². The summed E-state index contributed by atoms with van der Waals surface area (Å²) in [6.07, 6.45) is 0.835. The Morgan fingerprint density at radius 3 is 2.42 bits per heavy atom. The topological polar surface area (TPSA) is 63.1 Å². The molecule has 6 heteroatoms. The molecule has 0 aliphatic carbocycles. The van der Waals surface area contributed by atoms with Gasteiger partial charge in [-0.25, -0.2) is 9.78 Å². The lowest BCUT2D eigenvalue weighted by Gasteiger charge is -2.14. The molecule has 0 bridgehead atoms. The lowest BCUT2D eigenvalue weighted by atomic mass is 10.1. The summed E-state index contributed by atoms with van der Waals surface area (Å²) in [5, 5.41) is 8.86. The van der Waals surface area contributed by atoms with Gasteiger partial charge in [-0.05, 0) is 0 Å². The van der Waals surface area contributed by atoms with Gasteiger partial charge in [0.15, 0.2) is 5.69 Å². The van der Waals surface area contributed by atoms with Crippen LogP contribution in [0, 0.1) is 0 Å². The Hall–Kier alpha value is -2.37. The molecule has 2 rings (SSSR count). The van der Waals surface area contributed by atoms with Gasteiger partial charge in [0.1, 0.15) is 5.69 Å². The Labute approximate surface area is 107 Å². The number of benzene rings is 1. The lowest BCUT2D eigenvalue weighted by molar-refractivity contribution is 0.0129. The van der Waals surface area contributed by atoms with E-state index in [2.05, 4.69) is 9.97 Å². The third-order valence-electron chi connectivity index (χ3n) is 2.45. The Kier molecular flexibility index (Phi) is 3.25. The number of alkyl halides is 2. The largest absolute Gasteiger partial charge is 0.476 e. The van der Waals surface area contributed by atoms with Crippen LogP contribution in [-0.4, -0.2) is 21.0 Å². The van der Waals surface area contributed by atoms with E-state index >= 15 is 0 Å². The summed E-state index contributed by atoms with van der Waals surface area (Å²) in [5.41, 5.74) is -0.627. The van der Waals surface area contributed by atoms with Crippen LogP contribution in [0.2, 0.25) is 0 Å². The number of nitrogens with zero attached hydrogens (tertiary/aromatic N) is 2. The fourth-order valence-electron chi connectivity index (χ4n) is 1.61. The van der Waals surface area contributed by atoms with Crippen molar-refractivity contribution in [2.75, 3.05) is 0 Å². The molecule has 4 nitrogen and oxygen atoms in total. The normalized spacial score (nSPS) is 11.3. The Bertz CT molecular complexity index is 610. The van der Waals surface area contributed by atoms with E-state index in [1.54, 1.807) is 30.3 Å².